The molecule has 6 atom stereocenters. The predicted molar refractivity (Wildman–Crippen MR) is 145 cm³/mol. The maximum absolute atomic E-state index is 13.8. The molecule has 0 spiro atoms. The molecule has 0 aromatic heterocycles. The second-order valence-electron chi connectivity index (χ2n) is 9.48. The van der Waals surface area contributed by atoms with Gasteiger partial charge in [-0.3, -0.25) is 24.1 Å². The number of methoxy groups -OCH3 is 1. The van der Waals surface area contributed by atoms with E-state index < -0.39 is 63.1 Å². The summed E-state index contributed by atoms with van der Waals surface area (Å²) in [4.78, 5) is 62.9. The van der Waals surface area contributed by atoms with E-state index in [1.165, 1.54) is 13.2 Å². The Bertz CT molecular complexity index is 1390. The lowest BCUT2D eigenvalue weighted by Gasteiger charge is -2.51. The minimum atomic E-state index is -2.05. The molecule has 3 N–H and O–H groups in total. The Labute approximate surface area is 251 Å². The number of alkyl halides is 3. The average Bonchev–Trinajstić information content (AvgIpc) is 3.21. The van der Waals surface area contributed by atoms with Crippen LogP contribution in [0.4, 0.5) is 4.79 Å². The van der Waals surface area contributed by atoms with Gasteiger partial charge in [0.15, 0.2) is 21.2 Å². The van der Waals surface area contributed by atoms with Crippen LogP contribution < -0.4 is 10.5 Å². The van der Waals surface area contributed by atoms with Gasteiger partial charge in [0, 0.05) is 10.4 Å². The normalized spacial score (nSPS) is 34.2. The third kappa shape index (κ3) is 3.31. The summed E-state index contributed by atoms with van der Waals surface area (Å²) in [6.07, 6.45) is 1.54. The number of halogens is 5. The number of primary amides is 1. The number of phenols is 1. The molecule has 38 heavy (non-hydrogen) atoms. The van der Waals surface area contributed by atoms with E-state index in [0.29, 0.717) is 20.5 Å². The Morgan fingerprint density at radius 3 is 2.39 bits per heavy atom. The highest BCUT2D eigenvalue weighted by Gasteiger charge is 2.76. The molecule has 6 amide bonds. The zero-order chi connectivity index (χ0) is 28.1. The Morgan fingerprint density at radius 2 is 1.82 bits per heavy atom. The maximum Gasteiger partial charge on any atom is 0.328 e. The molecule has 2 saturated heterocycles. The van der Waals surface area contributed by atoms with Crippen molar-refractivity contribution in [2.75, 3.05) is 12.6 Å². The molecule has 1 saturated carbocycles. The minimum absolute atomic E-state index is 0.0491. The number of imide groups is 4. The number of rotatable bonds is 3. The fourth-order valence-corrected chi connectivity index (χ4v) is 8.67. The number of hydrogen-bond acceptors (Lipinski definition) is 7. The fourth-order valence-electron chi connectivity index (χ4n) is 6.29. The zero-order valence-electron chi connectivity index (χ0n) is 19.3. The smallest absolute Gasteiger partial charge is 0.328 e. The number of amides is 6. The highest BCUT2D eigenvalue weighted by atomic mass is 79.9. The quantitative estimate of drug-likeness (QED) is 0.207. The molecule has 0 radical (unpaired) electrons. The Hall–Kier alpha value is -1.67. The van der Waals surface area contributed by atoms with Crippen LogP contribution in [0.15, 0.2) is 26.7 Å². The minimum Gasteiger partial charge on any atom is -0.503 e. The molecule has 0 bridgehead atoms. The molecule has 0 unspecified atom stereocenters. The highest BCUT2D eigenvalue weighted by molar-refractivity contribution is 9.13. The van der Waals surface area contributed by atoms with E-state index in [2.05, 4.69) is 47.8 Å². The predicted octanol–water partition coefficient (Wildman–Crippen LogP) is 3.72. The van der Waals surface area contributed by atoms with Crippen molar-refractivity contribution in [3.63, 3.8) is 0 Å². The van der Waals surface area contributed by atoms with Gasteiger partial charge in [0.1, 0.15) is 0 Å². The number of urea groups is 1. The van der Waals surface area contributed by atoms with Crippen molar-refractivity contribution in [3.05, 3.63) is 32.2 Å². The molecular formula is C23H18Br3Cl2N3O7. The number of phenolic OH excluding ortho intramolecular Hbond substituents is 1. The number of aromatic hydroxyl groups is 1. The van der Waals surface area contributed by atoms with Gasteiger partial charge in [-0.1, -0.05) is 27.6 Å². The molecule has 15 heteroatoms. The molecule has 4 aliphatic rings. The molecule has 2 aliphatic carbocycles. The van der Waals surface area contributed by atoms with Crippen LogP contribution in [0, 0.1) is 17.8 Å². The lowest BCUT2D eigenvalue weighted by molar-refractivity contribution is -0.139. The second-order valence-corrected chi connectivity index (χ2v) is 12.8. The van der Waals surface area contributed by atoms with Gasteiger partial charge in [-0.2, -0.15) is 4.90 Å². The molecule has 2 aliphatic heterocycles. The number of ether oxygens (including phenoxy) is 1. The molecule has 2 heterocycles. The third-order valence-electron chi connectivity index (χ3n) is 7.94. The van der Waals surface area contributed by atoms with Crippen LogP contribution in [0.2, 0.25) is 0 Å². The molecule has 3 fully saturated rings. The summed E-state index contributed by atoms with van der Waals surface area (Å²) in [6.45, 7) is 0. The van der Waals surface area contributed by atoms with Gasteiger partial charge in [0.2, 0.25) is 11.8 Å². The molecule has 1 aromatic rings. The number of benzene rings is 1. The number of nitrogens with zero attached hydrogens (tertiary/aromatic N) is 2. The number of carbonyl (C=O) groups is 5. The van der Waals surface area contributed by atoms with Crippen molar-refractivity contribution in [1.29, 1.82) is 0 Å². The summed E-state index contributed by atoms with van der Waals surface area (Å²) in [5, 5.41) is 10.5. The Morgan fingerprint density at radius 1 is 1.16 bits per heavy atom. The monoisotopic (exact) mass is 755 g/mol. The Kier molecular flexibility index (Phi) is 6.74. The SMILES string of the molecule is COc1cc([C@H]2C3=CC[C@@H]4C(=O)N(C(N)=O)C(=O)[C@@H]4[C@@H]3C[C@@]3(Cl)C(=O)N(CBr)C(=O)[C@@]23Cl)c(Br)c(Br)c1O. The first-order valence-corrected chi connectivity index (χ1v) is 14.7. The van der Waals surface area contributed by atoms with Crippen LogP contribution in [-0.4, -0.2) is 66.9 Å². The van der Waals surface area contributed by atoms with Crippen LogP contribution in [0.25, 0.3) is 0 Å². The standard InChI is InChI=1S/C23H18Br3Cl2N3O7/c1-38-11-4-9(14(25)15(26)16(11)32)13-7-2-3-8-12(18(34)31(17(8)33)21(29)37)10(7)5-22(27)19(35)30(6-24)20(36)23(13,22)28/h2,4,8,10,12-13,32H,3,5-6H2,1H3,(H2,29,37)/t8-,10+,12-,13+,22+,23-/m0/s1. The van der Waals surface area contributed by atoms with Crippen molar-refractivity contribution in [1.82, 2.24) is 9.80 Å². The van der Waals surface area contributed by atoms with E-state index >= 15 is 0 Å². The van der Waals surface area contributed by atoms with Crippen molar-refractivity contribution in [2.45, 2.75) is 28.5 Å². The first kappa shape index (κ1) is 27.9. The number of nitrogens with two attached hydrogens (primary N) is 1. The third-order valence-corrected chi connectivity index (χ3v) is 12.0. The van der Waals surface area contributed by atoms with Crippen molar-refractivity contribution in [2.24, 2.45) is 23.5 Å². The largest absolute Gasteiger partial charge is 0.503 e. The topological polar surface area (TPSA) is 147 Å². The number of allylic oxidation sites excluding steroid dienone is 2. The molecule has 202 valence electrons. The number of hydrogen-bond donors (Lipinski definition) is 2. The lowest BCUT2D eigenvalue weighted by Crippen LogP contribution is -2.60. The first-order chi connectivity index (χ1) is 17.8. The van der Waals surface area contributed by atoms with Gasteiger partial charge in [0.05, 0.1) is 28.9 Å². The van der Waals surface area contributed by atoms with E-state index in [1.807, 2.05) is 0 Å². The second kappa shape index (κ2) is 9.18. The molecule has 5 rings (SSSR count). The summed E-state index contributed by atoms with van der Waals surface area (Å²) >= 11 is 24.2. The van der Waals surface area contributed by atoms with Gasteiger partial charge in [-0.15, -0.1) is 23.2 Å². The lowest BCUT2D eigenvalue weighted by atomic mass is 9.56. The van der Waals surface area contributed by atoms with E-state index in [0.717, 1.165) is 4.90 Å². The van der Waals surface area contributed by atoms with Crippen molar-refractivity contribution in [3.8, 4) is 11.5 Å². The zero-order valence-corrected chi connectivity index (χ0v) is 25.6. The van der Waals surface area contributed by atoms with Crippen LogP contribution in [-0.2, 0) is 19.2 Å². The molecular weight excluding hydrogens is 741 g/mol. The maximum atomic E-state index is 13.8. The summed E-state index contributed by atoms with van der Waals surface area (Å²) in [6, 6.07) is 0.278. The van der Waals surface area contributed by atoms with Crippen molar-refractivity contribution >= 4 is 101 Å². The summed E-state index contributed by atoms with van der Waals surface area (Å²) in [7, 11) is 1.34. The number of fused-ring (bicyclic) bond motifs is 4. The van der Waals surface area contributed by atoms with Crippen LogP contribution in [0.1, 0.15) is 24.3 Å². The Balaban J connectivity index is 1.80. The van der Waals surface area contributed by atoms with Crippen LogP contribution in [0.5, 0.6) is 11.5 Å². The van der Waals surface area contributed by atoms with E-state index in [1.54, 1.807) is 6.08 Å². The average molecular weight is 759 g/mol. The van der Waals surface area contributed by atoms with E-state index in [9.17, 15) is 29.1 Å². The number of carbonyl (C=O) groups excluding carboxylic acids is 5. The summed E-state index contributed by atoms with van der Waals surface area (Å²) in [5.74, 6) is -7.07. The van der Waals surface area contributed by atoms with Crippen LogP contribution in [0.3, 0.4) is 0 Å². The molecule has 10 nitrogen and oxygen atoms in total. The van der Waals surface area contributed by atoms with E-state index in [-0.39, 0.29) is 34.3 Å². The highest BCUT2D eigenvalue weighted by Crippen LogP contribution is 2.66. The van der Waals surface area contributed by atoms with Gasteiger partial charge in [-0.25, -0.2) is 4.79 Å². The fraction of sp³-hybridized carbons (Fsp3) is 0.435. The van der Waals surface area contributed by atoms with Gasteiger partial charge >= 0.3 is 6.03 Å². The van der Waals surface area contributed by atoms with Gasteiger partial charge < -0.3 is 15.6 Å². The van der Waals surface area contributed by atoms with Crippen LogP contribution >= 0.6 is 71.0 Å². The summed E-state index contributed by atoms with van der Waals surface area (Å²) < 4.78 is 5.84. The van der Waals surface area contributed by atoms with E-state index in [4.69, 9.17) is 33.7 Å². The molecule has 1 aromatic carbocycles. The first-order valence-electron chi connectivity index (χ1n) is 11.2. The van der Waals surface area contributed by atoms with Crippen molar-refractivity contribution < 1.29 is 33.8 Å². The van der Waals surface area contributed by atoms with Gasteiger partial charge in [-0.05, 0) is 62.2 Å². The summed E-state index contributed by atoms with van der Waals surface area (Å²) in [5.41, 5.74) is 6.01. The number of likely N-dealkylation sites (tertiary alicyclic amines) is 2. The van der Waals surface area contributed by atoms with Gasteiger partial charge in [0.25, 0.3) is 11.8 Å².